The number of pyridine rings is 1. The quantitative estimate of drug-likeness (QED) is 0.378. The molecule has 5 aromatic rings. The fourth-order valence-electron chi connectivity index (χ4n) is 3.71. The number of rotatable bonds is 5. The Morgan fingerprint density at radius 3 is 2.53 bits per heavy atom. The molecule has 7 nitrogen and oxygen atoms in total. The number of ether oxygens (including phenoxy) is 1. The van der Waals surface area contributed by atoms with Crippen LogP contribution in [0.2, 0.25) is 10.0 Å². The molecule has 0 spiro atoms. The van der Waals surface area contributed by atoms with Gasteiger partial charge in [-0.25, -0.2) is 4.52 Å². The van der Waals surface area contributed by atoms with Crippen molar-refractivity contribution in [1.82, 2.24) is 24.4 Å². The molecule has 0 fully saturated rings. The molecule has 3 aromatic heterocycles. The Hall–Kier alpha value is -3.26. The summed E-state index contributed by atoms with van der Waals surface area (Å²) >= 11 is 12.3. The maximum Gasteiger partial charge on any atom is 0.280 e. The standard InChI is InChI=1S/C23H17Cl2N5O2/c1-32-13-18-20(14-6-8-16(24)9-7-14)22-27-26-21-19(30(22)28-18)10-11-29(23(21)31)12-15-4-2-3-5-17(15)25/h2-11H,12-13H2,1H3. The van der Waals surface area contributed by atoms with Crippen molar-refractivity contribution in [3.8, 4) is 11.1 Å². The molecule has 0 saturated carbocycles. The van der Waals surface area contributed by atoms with Gasteiger partial charge in [0.1, 0.15) is 5.52 Å². The highest BCUT2D eigenvalue weighted by Gasteiger charge is 2.19. The van der Waals surface area contributed by atoms with Crippen molar-refractivity contribution in [2.24, 2.45) is 0 Å². The van der Waals surface area contributed by atoms with E-state index < -0.39 is 0 Å². The lowest BCUT2D eigenvalue weighted by Crippen LogP contribution is -2.22. The first-order valence-electron chi connectivity index (χ1n) is 9.82. The molecule has 0 N–H and O–H groups in total. The van der Waals surface area contributed by atoms with Crippen LogP contribution < -0.4 is 5.56 Å². The van der Waals surface area contributed by atoms with Gasteiger partial charge >= 0.3 is 0 Å². The van der Waals surface area contributed by atoms with Gasteiger partial charge in [0.15, 0.2) is 11.2 Å². The van der Waals surface area contributed by atoms with Crippen molar-refractivity contribution < 1.29 is 4.74 Å². The van der Waals surface area contributed by atoms with Crippen molar-refractivity contribution in [3.63, 3.8) is 0 Å². The third kappa shape index (κ3) is 3.54. The van der Waals surface area contributed by atoms with Gasteiger partial charge in [-0.15, -0.1) is 10.2 Å². The van der Waals surface area contributed by atoms with Crippen LogP contribution in [0, 0.1) is 0 Å². The Morgan fingerprint density at radius 1 is 1.00 bits per heavy atom. The zero-order valence-corrected chi connectivity index (χ0v) is 18.5. The van der Waals surface area contributed by atoms with Crippen LogP contribution in [0.3, 0.4) is 0 Å². The number of methoxy groups -OCH3 is 1. The SMILES string of the molecule is COCc1nn2c(nnc3c(=O)n(Cc4ccccc4Cl)ccc32)c1-c1ccc(Cl)cc1. The van der Waals surface area contributed by atoms with E-state index in [1.54, 1.807) is 40.6 Å². The molecule has 0 unspecified atom stereocenters. The van der Waals surface area contributed by atoms with Crippen LogP contribution in [-0.2, 0) is 17.9 Å². The Kier molecular flexibility index (Phi) is 5.38. The van der Waals surface area contributed by atoms with Crippen molar-refractivity contribution in [2.45, 2.75) is 13.2 Å². The van der Waals surface area contributed by atoms with Crippen molar-refractivity contribution >= 4 is 39.9 Å². The molecule has 5 rings (SSSR count). The van der Waals surface area contributed by atoms with Crippen LogP contribution in [0.5, 0.6) is 0 Å². The Morgan fingerprint density at radius 2 is 1.78 bits per heavy atom. The van der Waals surface area contributed by atoms with Crippen LogP contribution >= 0.6 is 23.2 Å². The second kappa shape index (κ2) is 8.35. The first-order chi connectivity index (χ1) is 15.6. The van der Waals surface area contributed by atoms with Crippen molar-refractivity contribution in [1.29, 1.82) is 0 Å². The minimum Gasteiger partial charge on any atom is -0.378 e. The molecule has 3 heterocycles. The maximum atomic E-state index is 13.1. The molecular formula is C23H17Cl2N5O2. The first-order valence-corrected chi connectivity index (χ1v) is 10.6. The van der Waals surface area contributed by atoms with Crippen LogP contribution in [0.25, 0.3) is 27.8 Å². The molecule has 0 saturated heterocycles. The minimum absolute atomic E-state index is 0.223. The lowest BCUT2D eigenvalue weighted by molar-refractivity contribution is 0.181. The van der Waals surface area contributed by atoms with Crippen molar-refractivity contribution in [2.75, 3.05) is 7.11 Å². The largest absolute Gasteiger partial charge is 0.378 e. The fourth-order valence-corrected chi connectivity index (χ4v) is 4.03. The molecule has 0 aliphatic rings. The monoisotopic (exact) mass is 465 g/mol. The first kappa shape index (κ1) is 20.6. The molecule has 0 bridgehead atoms. The van der Waals surface area contributed by atoms with E-state index in [4.69, 9.17) is 27.9 Å². The van der Waals surface area contributed by atoms with Gasteiger partial charge in [-0.3, -0.25) is 4.79 Å². The molecule has 0 aliphatic heterocycles. The maximum absolute atomic E-state index is 13.1. The minimum atomic E-state index is -0.270. The summed E-state index contributed by atoms with van der Waals surface area (Å²) in [6, 6.07) is 16.6. The summed E-state index contributed by atoms with van der Waals surface area (Å²) in [4.78, 5) is 13.1. The zero-order valence-electron chi connectivity index (χ0n) is 17.0. The summed E-state index contributed by atoms with van der Waals surface area (Å²) in [7, 11) is 1.60. The van der Waals surface area contributed by atoms with Crippen LogP contribution in [0.4, 0.5) is 0 Å². The van der Waals surface area contributed by atoms with Gasteiger partial charge in [0.2, 0.25) is 0 Å². The Balaban J connectivity index is 1.69. The summed E-state index contributed by atoms with van der Waals surface area (Å²) in [5.74, 6) is 0. The number of fused-ring (bicyclic) bond motifs is 3. The highest BCUT2D eigenvalue weighted by atomic mass is 35.5. The lowest BCUT2D eigenvalue weighted by Gasteiger charge is -2.09. The van der Waals surface area contributed by atoms with Crippen LogP contribution in [0.1, 0.15) is 11.3 Å². The molecule has 0 radical (unpaired) electrons. The van der Waals surface area contributed by atoms with E-state index >= 15 is 0 Å². The van der Waals surface area contributed by atoms with E-state index in [1.807, 2.05) is 36.4 Å². The van der Waals surface area contributed by atoms with E-state index in [9.17, 15) is 4.79 Å². The van der Waals surface area contributed by atoms with Gasteiger partial charge in [0, 0.05) is 23.4 Å². The number of hydrogen-bond acceptors (Lipinski definition) is 5. The van der Waals surface area contributed by atoms with Gasteiger partial charge in [-0.05, 0) is 35.4 Å². The molecule has 0 atom stereocenters. The van der Waals surface area contributed by atoms with Crippen molar-refractivity contribution in [3.05, 3.63) is 92.5 Å². The van der Waals surface area contributed by atoms with E-state index in [1.165, 1.54) is 0 Å². The van der Waals surface area contributed by atoms with Gasteiger partial charge in [-0.1, -0.05) is 53.5 Å². The van der Waals surface area contributed by atoms with Crippen LogP contribution in [-0.4, -0.2) is 31.5 Å². The molecule has 2 aromatic carbocycles. The second-order valence-corrected chi connectivity index (χ2v) is 8.11. The summed E-state index contributed by atoms with van der Waals surface area (Å²) in [6.45, 7) is 0.616. The predicted molar refractivity (Wildman–Crippen MR) is 124 cm³/mol. The van der Waals surface area contributed by atoms with Gasteiger partial charge in [0.05, 0.1) is 24.4 Å². The summed E-state index contributed by atoms with van der Waals surface area (Å²) in [5.41, 5.74) is 4.27. The molecule has 160 valence electrons. The number of nitrogens with zero attached hydrogens (tertiary/aromatic N) is 5. The number of aromatic nitrogens is 5. The Bertz CT molecular complexity index is 1510. The molecular weight excluding hydrogens is 449 g/mol. The average Bonchev–Trinajstić information content (AvgIpc) is 3.16. The number of benzene rings is 2. The molecule has 32 heavy (non-hydrogen) atoms. The lowest BCUT2D eigenvalue weighted by atomic mass is 10.1. The third-order valence-corrected chi connectivity index (χ3v) is 5.86. The number of halogens is 2. The smallest absolute Gasteiger partial charge is 0.280 e. The van der Waals surface area contributed by atoms with E-state index in [2.05, 4.69) is 15.3 Å². The highest BCUT2D eigenvalue weighted by molar-refractivity contribution is 6.31. The third-order valence-electron chi connectivity index (χ3n) is 5.24. The summed E-state index contributed by atoms with van der Waals surface area (Å²) in [5, 5.41) is 14.5. The summed E-state index contributed by atoms with van der Waals surface area (Å²) < 4.78 is 8.55. The van der Waals surface area contributed by atoms with E-state index in [0.717, 1.165) is 16.7 Å². The predicted octanol–water partition coefficient (Wildman–Crippen LogP) is 4.61. The van der Waals surface area contributed by atoms with Gasteiger partial charge in [-0.2, -0.15) is 5.10 Å². The Labute approximate surface area is 192 Å². The summed E-state index contributed by atoms with van der Waals surface area (Å²) in [6.07, 6.45) is 1.72. The van der Waals surface area contributed by atoms with Gasteiger partial charge in [0.25, 0.3) is 5.56 Å². The normalized spacial score (nSPS) is 11.5. The molecule has 0 aliphatic carbocycles. The zero-order chi connectivity index (χ0) is 22.2. The van der Waals surface area contributed by atoms with Crippen LogP contribution in [0.15, 0.2) is 65.6 Å². The van der Waals surface area contributed by atoms with E-state index in [0.29, 0.717) is 33.4 Å². The topological polar surface area (TPSA) is 74.3 Å². The van der Waals surface area contributed by atoms with E-state index in [-0.39, 0.29) is 17.7 Å². The molecule has 9 heteroatoms. The highest BCUT2D eigenvalue weighted by Crippen LogP contribution is 2.30. The second-order valence-electron chi connectivity index (χ2n) is 7.27. The fraction of sp³-hybridized carbons (Fsp3) is 0.130. The van der Waals surface area contributed by atoms with Gasteiger partial charge < -0.3 is 9.30 Å². The molecule has 0 amide bonds. The average molecular weight is 466 g/mol. The number of hydrogen-bond donors (Lipinski definition) is 0.